The van der Waals surface area contributed by atoms with E-state index >= 15 is 0 Å². The van der Waals surface area contributed by atoms with Crippen molar-refractivity contribution in [2.45, 2.75) is 19.4 Å². The summed E-state index contributed by atoms with van der Waals surface area (Å²) >= 11 is 0. The van der Waals surface area contributed by atoms with Gasteiger partial charge in [-0.15, -0.1) is 0 Å². The second kappa shape index (κ2) is 9.18. The molecule has 2 aliphatic rings. The van der Waals surface area contributed by atoms with Gasteiger partial charge in [-0.2, -0.15) is 0 Å². The number of aliphatic carboxylic acids is 3. The van der Waals surface area contributed by atoms with Crippen LogP contribution in [0.3, 0.4) is 0 Å². The Morgan fingerprint density at radius 2 is 1.29 bits per heavy atom. The van der Waals surface area contributed by atoms with E-state index < -0.39 is 47.7 Å². The van der Waals surface area contributed by atoms with E-state index in [1.807, 2.05) is 0 Å². The fourth-order valence-corrected chi connectivity index (χ4v) is 2.63. The highest BCUT2D eigenvalue weighted by Crippen LogP contribution is 2.39. The molecule has 0 bridgehead atoms. The Labute approximate surface area is 137 Å². The quantitative estimate of drug-likeness (QED) is 0.563. The normalized spacial score (nSPS) is 29.0. The minimum atomic E-state index is -1.55. The highest BCUT2D eigenvalue weighted by molar-refractivity contribution is 5.85. The number of hydrogen-bond acceptors (Lipinski definition) is 7. The van der Waals surface area contributed by atoms with E-state index in [0.29, 0.717) is 0 Å². The lowest BCUT2D eigenvalue weighted by Crippen LogP contribution is -2.37. The van der Waals surface area contributed by atoms with Gasteiger partial charge in [0.25, 0.3) is 0 Å². The summed E-state index contributed by atoms with van der Waals surface area (Å²) in [6.07, 6.45) is -1.84. The minimum absolute atomic E-state index is 0.375. The van der Waals surface area contributed by atoms with Gasteiger partial charge >= 0.3 is 23.9 Å². The predicted octanol–water partition coefficient (Wildman–Crippen LogP) is -0.543. The lowest BCUT2D eigenvalue weighted by molar-refractivity contribution is -0.165. The summed E-state index contributed by atoms with van der Waals surface area (Å²) in [6.45, 7) is 4.12. The molecule has 2 rings (SSSR count). The Bertz CT molecular complexity index is 472. The van der Waals surface area contributed by atoms with Crippen LogP contribution in [0.2, 0.25) is 0 Å². The average molecular weight is 348 g/mol. The molecular weight excluding hydrogens is 328 g/mol. The molecule has 0 aromatic heterocycles. The maximum absolute atomic E-state index is 11.0. The first-order chi connectivity index (χ1) is 11.3. The first kappa shape index (κ1) is 19.8. The summed E-state index contributed by atoms with van der Waals surface area (Å²) in [5.41, 5.74) is 0. The molecule has 136 valence electrons. The summed E-state index contributed by atoms with van der Waals surface area (Å²) in [5.74, 6) is -9.38. The maximum atomic E-state index is 11.0. The monoisotopic (exact) mass is 348 g/mol. The molecule has 1 saturated heterocycles. The molecule has 4 unspecified atom stereocenters. The lowest BCUT2D eigenvalue weighted by Gasteiger charge is -2.20. The van der Waals surface area contributed by atoms with Crippen LogP contribution in [-0.2, 0) is 33.4 Å². The fraction of sp³-hybridized carbons (Fsp3) is 0.714. The van der Waals surface area contributed by atoms with Gasteiger partial charge in [-0.25, -0.2) is 0 Å². The third kappa shape index (κ3) is 5.46. The fourth-order valence-electron chi connectivity index (χ4n) is 2.63. The molecule has 0 spiro atoms. The minimum Gasteiger partial charge on any atom is -0.481 e. The van der Waals surface area contributed by atoms with Gasteiger partial charge in [0.2, 0.25) is 0 Å². The van der Waals surface area contributed by atoms with Gasteiger partial charge in [-0.3, -0.25) is 19.2 Å². The van der Waals surface area contributed by atoms with Crippen LogP contribution in [0.1, 0.15) is 13.3 Å². The number of esters is 1. The van der Waals surface area contributed by atoms with Crippen LogP contribution < -0.4 is 0 Å². The number of carbonyl (C=O) groups excluding carboxylic acids is 1. The molecule has 1 aliphatic carbocycles. The van der Waals surface area contributed by atoms with Crippen molar-refractivity contribution in [1.82, 2.24) is 0 Å². The van der Waals surface area contributed by atoms with Crippen molar-refractivity contribution in [3.8, 4) is 0 Å². The van der Waals surface area contributed by atoms with Gasteiger partial charge < -0.3 is 29.5 Å². The van der Waals surface area contributed by atoms with E-state index in [1.165, 1.54) is 0 Å². The third-order valence-corrected chi connectivity index (χ3v) is 3.66. The Morgan fingerprint density at radius 1 is 0.833 bits per heavy atom. The molecular formula is C14H20O10. The summed E-state index contributed by atoms with van der Waals surface area (Å²) in [5, 5.41) is 26.8. The van der Waals surface area contributed by atoms with Gasteiger partial charge in [-0.1, -0.05) is 0 Å². The van der Waals surface area contributed by atoms with Crippen molar-refractivity contribution >= 4 is 23.9 Å². The number of ether oxygens (including phenoxy) is 3. The summed E-state index contributed by atoms with van der Waals surface area (Å²) in [6, 6.07) is 0. The maximum Gasteiger partial charge on any atom is 0.311 e. The summed E-state index contributed by atoms with van der Waals surface area (Å²) in [7, 11) is 0. The smallest absolute Gasteiger partial charge is 0.311 e. The van der Waals surface area contributed by atoms with Crippen molar-refractivity contribution in [3.63, 3.8) is 0 Å². The molecule has 1 heterocycles. The molecule has 1 aliphatic heterocycles. The van der Waals surface area contributed by atoms with E-state index in [0.717, 1.165) is 33.4 Å². The number of hydrogen-bond donors (Lipinski definition) is 3. The number of carboxylic acid groups (broad SMARTS) is 3. The van der Waals surface area contributed by atoms with Crippen molar-refractivity contribution in [3.05, 3.63) is 0 Å². The number of rotatable bonds is 4. The van der Waals surface area contributed by atoms with Crippen LogP contribution in [-0.4, -0.2) is 71.7 Å². The Balaban J connectivity index is 0.000000400. The Kier molecular flexibility index (Phi) is 7.59. The zero-order chi connectivity index (χ0) is 18.3. The van der Waals surface area contributed by atoms with E-state index in [1.54, 1.807) is 0 Å². The zero-order valence-electron chi connectivity index (χ0n) is 13.0. The molecule has 24 heavy (non-hydrogen) atoms. The molecule has 2 fully saturated rings. The van der Waals surface area contributed by atoms with E-state index in [2.05, 4.69) is 4.74 Å². The molecule has 10 nitrogen and oxygen atoms in total. The molecule has 0 aromatic rings. The number of carboxylic acids is 3. The second-order valence-corrected chi connectivity index (χ2v) is 5.29. The highest BCUT2D eigenvalue weighted by Gasteiger charge is 2.55. The summed E-state index contributed by atoms with van der Waals surface area (Å²) < 4.78 is 14.6. The predicted molar refractivity (Wildman–Crippen MR) is 75.2 cm³/mol. The molecule has 4 atom stereocenters. The van der Waals surface area contributed by atoms with Crippen LogP contribution in [0.5, 0.6) is 0 Å². The average Bonchev–Trinajstić information content (AvgIpc) is 2.88. The SMILES string of the molecule is C1COCCO1.CC(=O)OC1C(C(=O)O)CC(C(=O)O)C1C(=O)O. The van der Waals surface area contributed by atoms with Crippen molar-refractivity contribution in [2.24, 2.45) is 17.8 Å². The van der Waals surface area contributed by atoms with Crippen LogP contribution in [0, 0.1) is 17.8 Å². The van der Waals surface area contributed by atoms with Crippen LogP contribution in [0.15, 0.2) is 0 Å². The molecule has 3 N–H and O–H groups in total. The van der Waals surface area contributed by atoms with Crippen LogP contribution in [0.4, 0.5) is 0 Å². The van der Waals surface area contributed by atoms with Crippen molar-refractivity contribution in [2.75, 3.05) is 26.4 Å². The molecule has 1 saturated carbocycles. The first-order valence-corrected chi connectivity index (χ1v) is 7.26. The van der Waals surface area contributed by atoms with Crippen LogP contribution in [0.25, 0.3) is 0 Å². The standard InChI is InChI=1S/C10H12O8.C4H8O2/c1-3(11)18-7-5(9(14)15)2-4(8(12)13)6(7)10(16)17;1-2-6-4-3-5-1/h4-7H,2H2,1H3,(H,12,13)(H,14,15)(H,16,17);1-4H2. The van der Waals surface area contributed by atoms with Crippen molar-refractivity contribution in [1.29, 1.82) is 0 Å². The van der Waals surface area contributed by atoms with Gasteiger partial charge in [0.15, 0.2) is 0 Å². The Hall–Kier alpha value is -2.20. The molecule has 0 amide bonds. The van der Waals surface area contributed by atoms with Gasteiger partial charge in [0.05, 0.1) is 38.3 Å². The van der Waals surface area contributed by atoms with E-state index in [9.17, 15) is 19.2 Å². The van der Waals surface area contributed by atoms with E-state index in [4.69, 9.17) is 24.8 Å². The highest BCUT2D eigenvalue weighted by atomic mass is 16.6. The van der Waals surface area contributed by atoms with Gasteiger partial charge in [0, 0.05) is 6.92 Å². The van der Waals surface area contributed by atoms with Crippen molar-refractivity contribution < 1.29 is 48.7 Å². The lowest BCUT2D eigenvalue weighted by atomic mass is 9.95. The molecule has 0 aromatic carbocycles. The third-order valence-electron chi connectivity index (χ3n) is 3.66. The number of carbonyl (C=O) groups is 4. The largest absolute Gasteiger partial charge is 0.481 e. The summed E-state index contributed by atoms with van der Waals surface area (Å²) in [4.78, 5) is 43.8. The topological polar surface area (TPSA) is 157 Å². The van der Waals surface area contributed by atoms with Gasteiger partial charge in [-0.05, 0) is 6.42 Å². The first-order valence-electron chi connectivity index (χ1n) is 7.26. The Morgan fingerprint density at radius 3 is 1.58 bits per heavy atom. The van der Waals surface area contributed by atoms with Gasteiger partial charge in [0.1, 0.15) is 12.0 Å². The van der Waals surface area contributed by atoms with E-state index in [-0.39, 0.29) is 6.42 Å². The molecule has 10 heteroatoms. The second-order valence-electron chi connectivity index (χ2n) is 5.29. The zero-order valence-corrected chi connectivity index (χ0v) is 13.0. The van der Waals surface area contributed by atoms with Crippen LogP contribution >= 0.6 is 0 Å². The molecule has 0 radical (unpaired) electrons.